The van der Waals surface area contributed by atoms with Crippen LogP contribution in [0.4, 0.5) is 0 Å². The smallest absolute Gasteiger partial charge is 0.247 e. The molecule has 0 atom stereocenters. The van der Waals surface area contributed by atoms with E-state index >= 15 is 0 Å². The van der Waals surface area contributed by atoms with E-state index in [4.69, 9.17) is 4.42 Å². The summed E-state index contributed by atoms with van der Waals surface area (Å²) >= 11 is 0. The summed E-state index contributed by atoms with van der Waals surface area (Å²) in [7, 11) is 0. The average molecular weight is 198 g/mol. The number of nitrogens with zero attached hydrogens (tertiary/aromatic N) is 2. The van der Waals surface area contributed by atoms with E-state index < -0.39 is 0 Å². The largest absolute Gasteiger partial charge is 0.423 e. The molecule has 0 aliphatic carbocycles. The fraction of sp³-hybridized carbons (Fsp3) is 0. The van der Waals surface area contributed by atoms with Crippen molar-refractivity contribution in [3.8, 4) is 23.3 Å². The number of aldehydes is 1. The van der Waals surface area contributed by atoms with Crippen molar-refractivity contribution >= 4 is 6.29 Å². The van der Waals surface area contributed by atoms with Crippen LogP contribution in [0, 0.1) is 11.8 Å². The minimum Gasteiger partial charge on any atom is -0.423 e. The van der Waals surface area contributed by atoms with Gasteiger partial charge in [0.1, 0.15) is 0 Å². The van der Waals surface area contributed by atoms with Gasteiger partial charge < -0.3 is 4.42 Å². The third-order valence-electron chi connectivity index (χ3n) is 1.77. The lowest BCUT2D eigenvalue weighted by atomic mass is 10.1. The Balaban J connectivity index is 2.28. The second-order valence-electron chi connectivity index (χ2n) is 2.71. The van der Waals surface area contributed by atoms with Crippen LogP contribution in [0.5, 0.6) is 0 Å². The molecule has 4 heteroatoms. The normalized spacial score (nSPS) is 9.07. The minimum absolute atomic E-state index is 0.463. The maximum atomic E-state index is 10.0. The highest BCUT2D eigenvalue weighted by atomic mass is 16.4. The molecule has 0 aliphatic rings. The molecule has 0 amide bonds. The lowest BCUT2D eigenvalue weighted by Crippen LogP contribution is -1.79. The monoisotopic (exact) mass is 198 g/mol. The number of benzene rings is 1. The highest BCUT2D eigenvalue weighted by molar-refractivity contribution is 5.74. The second-order valence-corrected chi connectivity index (χ2v) is 2.71. The Morgan fingerprint density at radius 3 is 2.67 bits per heavy atom. The molecule has 1 aromatic heterocycles. The van der Waals surface area contributed by atoms with Crippen LogP contribution >= 0.6 is 0 Å². The summed E-state index contributed by atoms with van der Waals surface area (Å²) < 4.78 is 5.03. The van der Waals surface area contributed by atoms with Crippen LogP contribution in [0.1, 0.15) is 5.56 Å². The van der Waals surface area contributed by atoms with E-state index in [9.17, 15) is 4.79 Å². The lowest BCUT2D eigenvalue weighted by molar-refractivity contribution is -0.103. The molecule has 15 heavy (non-hydrogen) atoms. The van der Waals surface area contributed by atoms with E-state index in [2.05, 4.69) is 22.0 Å². The van der Waals surface area contributed by atoms with Crippen molar-refractivity contribution < 1.29 is 9.21 Å². The Morgan fingerprint density at radius 1 is 1.27 bits per heavy atom. The van der Waals surface area contributed by atoms with Gasteiger partial charge in [-0.1, -0.05) is 5.92 Å². The molecule has 1 heterocycles. The maximum Gasteiger partial charge on any atom is 0.247 e. The van der Waals surface area contributed by atoms with Gasteiger partial charge >= 0.3 is 0 Å². The van der Waals surface area contributed by atoms with Crippen molar-refractivity contribution in [2.45, 2.75) is 0 Å². The van der Waals surface area contributed by atoms with E-state index in [0.717, 1.165) is 11.1 Å². The van der Waals surface area contributed by atoms with Crippen LogP contribution < -0.4 is 0 Å². The van der Waals surface area contributed by atoms with Crippen molar-refractivity contribution in [3.63, 3.8) is 0 Å². The van der Waals surface area contributed by atoms with Crippen molar-refractivity contribution in [1.29, 1.82) is 0 Å². The fourth-order valence-electron chi connectivity index (χ4n) is 1.11. The summed E-state index contributed by atoms with van der Waals surface area (Å²) in [6.07, 6.45) is 1.83. The SMILES string of the molecule is O=CC#Cc1ccc(-c2nnco2)cc1. The number of carbonyl (C=O) groups excluding carboxylic acids is 1. The first-order valence-electron chi connectivity index (χ1n) is 4.22. The summed E-state index contributed by atoms with van der Waals surface area (Å²) in [6, 6.07) is 7.19. The molecule has 0 aliphatic heterocycles. The minimum atomic E-state index is 0.463. The molecule has 2 rings (SSSR count). The number of aromatic nitrogens is 2. The zero-order valence-electron chi connectivity index (χ0n) is 7.68. The molecule has 2 aromatic rings. The van der Waals surface area contributed by atoms with Crippen LogP contribution in [0.15, 0.2) is 35.1 Å². The molecule has 0 radical (unpaired) electrons. The number of hydrogen-bond donors (Lipinski definition) is 0. The summed E-state index contributed by atoms with van der Waals surface area (Å²) in [4.78, 5) is 10.0. The van der Waals surface area contributed by atoms with Gasteiger partial charge in [-0.15, -0.1) is 10.2 Å². The van der Waals surface area contributed by atoms with Crippen molar-refractivity contribution in [2.24, 2.45) is 0 Å². The first kappa shape index (κ1) is 9.16. The number of hydrogen-bond acceptors (Lipinski definition) is 4. The highest BCUT2D eigenvalue weighted by Gasteiger charge is 2.01. The maximum absolute atomic E-state index is 10.0. The Bertz CT molecular complexity index is 504. The van der Waals surface area contributed by atoms with Crippen LogP contribution in [0.2, 0.25) is 0 Å². The molecule has 0 saturated carbocycles. The molecular formula is C11H6N2O2. The van der Waals surface area contributed by atoms with Gasteiger partial charge in [0.25, 0.3) is 0 Å². The molecule has 0 unspecified atom stereocenters. The van der Waals surface area contributed by atoms with Gasteiger partial charge in [-0.25, -0.2) is 0 Å². The molecule has 0 bridgehead atoms. The van der Waals surface area contributed by atoms with E-state index in [0.29, 0.717) is 12.2 Å². The number of carbonyl (C=O) groups is 1. The average Bonchev–Trinajstić information content (AvgIpc) is 2.80. The second kappa shape index (κ2) is 4.20. The quantitative estimate of drug-likeness (QED) is 0.511. The molecule has 1 aromatic carbocycles. The zero-order valence-corrected chi connectivity index (χ0v) is 7.68. The summed E-state index contributed by atoms with van der Waals surface area (Å²) in [6.45, 7) is 0. The first-order chi connectivity index (χ1) is 7.40. The Kier molecular flexibility index (Phi) is 2.56. The topological polar surface area (TPSA) is 56.0 Å². The zero-order chi connectivity index (χ0) is 10.5. The van der Waals surface area contributed by atoms with Crippen LogP contribution in [0.3, 0.4) is 0 Å². The molecule has 72 valence electrons. The molecular weight excluding hydrogens is 192 g/mol. The molecule has 0 saturated heterocycles. The molecule has 4 nitrogen and oxygen atoms in total. The van der Waals surface area contributed by atoms with E-state index in [1.165, 1.54) is 6.39 Å². The lowest BCUT2D eigenvalue weighted by Gasteiger charge is -1.93. The van der Waals surface area contributed by atoms with E-state index in [1.807, 2.05) is 12.1 Å². The number of rotatable bonds is 1. The van der Waals surface area contributed by atoms with Gasteiger partial charge in [0.2, 0.25) is 12.3 Å². The highest BCUT2D eigenvalue weighted by Crippen LogP contribution is 2.15. The van der Waals surface area contributed by atoms with Crippen LogP contribution in [-0.2, 0) is 4.79 Å². The third kappa shape index (κ3) is 2.09. The van der Waals surface area contributed by atoms with E-state index in [1.54, 1.807) is 12.1 Å². The Labute approximate surface area is 85.9 Å². The molecule has 0 fully saturated rings. The molecule has 0 spiro atoms. The van der Waals surface area contributed by atoms with E-state index in [-0.39, 0.29) is 0 Å². The predicted molar refractivity (Wildman–Crippen MR) is 52.7 cm³/mol. The standard InChI is InChI=1S/C11H6N2O2/c14-7-1-2-9-3-5-10(6-4-9)11-13-12-8-15-11/h3-8H. The van der Waals surface area contributed by atoms with Gasteiger partial charge in [-0.3, -0.25) is 4.79 Å². The predicted octanol–water partition coefficient (Wildman–Crippen LogP) is 1.29. The molecule has 0 N–H and O–H groups in total. The van der Waals surface area contributed by atoms with Crippen molar-refractivity contribution in [2.75, 3.05) is 0 Å². The van der Waals surface area contributed by atoms with Crippen molar-refractivity contribution in [3.05, 3.63) is 36.2 Å². The Morgan fingerprint density at radius 2 is 2.07 bits per heavy atom. The van der Waals surface area contributed by atoms with Crippen molar-refractivity contribution in [1.82, 2.24) is 10.2 Å². The van der Waals surface area contributed by atoms with Crippen LogP contribution in [0.25, 0.3) is 11.5 Å². The van der Waals surface area contributed by atoms with Crippen LogP contribution in [-0.4, -0.2) is 16.5 Å². The summed E-state index contributed by atoms with van der Waals surface area (Å²) in [5.74, 6) is 5.48. The van der Waals surface area contributed by atoms with Gasteiger partial charge in [0.05, 0.1) is 0 Å². The van der Waals surface area contributed by atoms with Gasteiger partial charge in [-0.2, -0.15) is 0 Å². The summed E-state index contributed by atoms with van der Waals surface area (Å²) in [5.41, 5.74) is 1.59. The van der Waals surface area contributed by atoms with Gasteiger partial charge in [-0.05, 0) is 30.2 Å². The summed E-state index contributed by atoms with van der Waals surface area (Å²) in [5, 5.41) is 7.35. The first-order valence-corrected chi connectivity index (χ1v) is 4.22. The Hall–Kier alpha value is -2.41. The third-order valence-corrected chi connectivity index (χ3v) is 1.77. The fourth-order valence-corrected chi connectivity index (χ4v) is 1.11. The van der Waals surface area contributed by atoms with Gasteiger partial charge in [0, 0.05) is 11.1 Å². The van der Waals surface area contributed by atoms with Gasteiger partial charge in [0.15, 0.2) is 6.29 Å².